The van der Waals surface area contributed by atoms with Crippen LogP contribution in [0, 0.1) is 11.3 Å². The van der Waals surface area contributed by atoms with E-state index in [4.69, 9.17) is 14.2 Å². The van der Waals surface area contributed by atoms with Crippen LogP contribution in [0.1, 0.15) is 5.69 Å². The summed E-state index contributed by atoms with van der Waals surface area (Å²) in [5.41, 5.74) is 1.49. The van der Waals surface area contributed by atoms with Gasteiger partial charge in [0.2, 0.25) is 5.82 Å². The van der Waals surface area contributed by atoms with Crippen LogP contribution >= 0.6 is 0 Å². The molecule has 0 aliphatic rings. The number of para-hydroxylation sites is 1. The zero-order chi connectivity index (χ0) is 14.2. The molecule has 3 heterocycles. The third-order valence-corrected chi connectivity index (χ3v) is 3.05. The van der Waals surface area contributed by atoms with Crippen molar-refractivity contribution in [1.82, 2.24) is 20.3 Å². The fourth-order valence-electron chi connectivity index (χ4n) is 2.06. The number of nitriles is 1. The second-order valence-corrected chi connectivity index (χ2v) is 4.34. The molecule has 4 rings (SSSR count). The average molecular weight is 277 g/mol. The Morgan fingerprint density at radius 3 is 3.00 bits per heavy atom. The SMILES string of the molecule is N#Cc1[nH]ncc1-c1nc(-c2cc3ccccc3o2)no1. The van der Waals surface area contributed by atoms with Gasteiger partial charge < -0.3 is 8.94 Å². The maximum Gasteiger partial charge on any atom is 0.262 e. The van der Waals surface area contributed by atoms with E-state index in [2.05, 4.69) is 20.3 Å². The van der Waals surface area contributed by atoms with Gasteiger partial charge in [0.15, 0.2) is 5.76 Å². The molecule has 4 aromatic rings. The molecule has 0 atom stereocenters. The van der Waals surface area contributed by atoms with Gasteiger partial charge in [-0.2, -0.15) is 15.3 Å². The molecule has 0 spiro atoms. The Kier molecular flexibility index (Phi) is 2.35. The minimum atomic E-state index is 0.218. The van der Waals surface area contributed by atoms with E-state index in [0.29, 0.717) is 17.1 Å². The third-order valence-electron chi connectivity index (χ3n) is 3.05. The van der Waals surface area contributed by atoms with Crippen LogP contribution in [-0.2, 0) is 0 Å². The first-order valence-corrected chi connectivity index (χ1v) is 6.11. The highest BCUT2D eigenvalue weighted by molar-refractivity contribution is 5.81. The van der Waals surface area contributed by atoms with Gasteiger partial charge in [-0.1, -0.05) is 23.4 Å². The summed E-state index contributed by atoms with van der Waals surface area (Å²) in [6.45, 7) is 0. The van der Waals surface area contributed by atoms with Crippen molar-refractivity contribution in [3.05, 3.63) is 42.2 Å². The fraction of sp³-hybridized carbons (Fsp3) is 0. The van der Waals surface area contributed by atoms with Gasteiger partial charge in [-0.05, 0) is 12.1 Å². The molecule has 0 saturated heterocycles. The molecule has 0 aliphatic carbocycles. The molecule has 100 valence electrons. The van der Waals surface area contributed by atoms with Crippen LogP contribution in [0.3, 0.4) is 0 Å². The van der Waals surface area contributed by atoms with Crippen LogP contribution in [0.2, 0.25) is 0 Å². The summed E-state index contributed by atoms with van der Waals surface area (Å²) in [5, 5.41) is 20.1. The van der Waals surface area contributed by atoms with Gasteiger partial charge in [0.05, 0.1) is 11.8 Å². The van der Waals surface area contributed by atoms with Gasteiger partial charge in [-0.25, -0.2) is 0 Å². The quantitative estimate of drug-likeness (QED) is 0.604. The summed E-state index contributed by atoms with van der Waals surface area (Å²) < 4.78 is 10.8. The second-order valence-electron chi connectivity index (χ2n) is 4.34. The Morgan fingerprint density at radius 1 is 1.24 bits per heavy atom. The summed E-state index contributed by atoms with van der Waals surface area (Å²) in [4.78, 5) is 4.24. The minimum absolute atomic E-state index is 0.218. The van der Waals surface area contributed by atoms with Crippen LogP contribution < -0.4 is 0 Å². The highest BCUT2D eigenvalue weighted by atomic mass is 16.5. The van der Waals surface area contributed by atoms with Crippen LogP contribution in [0.15, 0.2) is 45.5 Å². The van der Waals surface area contributed by atoms with Gasteiger partial charge in [0.1, 0.15) is 17.3 Å². The molecular formula is C14H7N5O2. The van der Waals surface area contributed by atoms with Gasteiger partial charge in [0, 0.05) is 5.39 Å². The highest BCUT2D eigenvalue weighted by Crippen LogP contribution is 2.28. The van der Waals surface area contributed by atoms with Crippen LogP contribution in [0.5, 0.6) is 0 Å². The molecule has 3 aromatic heterocycles. The van der Waals surface area contributed by atoms with Crippen molar-refractivity contribution >= 4 is 11.0 Å². The first-order chi connectivity index (χ1) is 10.3. The molecule has 21 heavy (non-hydrogen) atoms. The van der Waals surface area contributed by atoms with E-state index in [1.54, 1.807) is 0 Å². The predicted molar refractivity (Wildman–Crippen MR) is 71.8 cm³/mol. The van der Waals surface area contributed by atoms with Gasteiger partial charge in [-0.3, -0.25) is 5.10 Å². The number of hydrogen-bond donors (Lipinski definition) is 1. The molecular weight excluding hydrogens is 270 g/mol. The number of nitrogens with one attached hydrogen (secondary N) is 1. The first kappa shape index (κ1) is 11.4. The number of H-pyrrole nitrogens is 1. The number of aromatic nitrogens is 4. The lowest BCUT2D eigenvalue weighted by molar-refractivity contribution is 0.430. The number of benzene rings is 1. The van der Waals surface area contributed by atoms with E-state index in [-0.39, 0.29) is 11.6 Å². The Bertz CT molecular complexity index is 940. The first-order valence-electron chi connectivity index (χ1n) is 6.11. The van der Waals surface area contributed by atoms with Crippen molar-refractivity contribution in [3.63, 3.8) is 0 Å². The highest BCUT2D eigenvalue weighted by Gasteiger charge is 2.17. The molecule has 7 nitrogen and oxygen atoms in total. The van der Waals surface area contributed by atoms with Crippen molar-refractivity contribution in [2.24, 2.45) is 0 Å². The summed E-state index contributed by atoms with van der Waals surface area (Å²) >= 11 is 0. The molecule has 1 aromatic carbocycles. The van der Waals surface area contributed by atoms with Crippen molar-refractivity contribution < 1.29 is 8.94 Å². The summed E-state index contributed by atoms with van der Waals surface area (Å²) in [6.07, 6.45) is 1.47. The topological polar surface area (TPSA) is 105 Å². The smallest absolute Gasteiger partial charge is 0.262 e. The molecule has 0 unspecified atom stereocenters. The molecule has 0 fully saturated rings. The molecule has 0 bridgehead atoms. The summed E-state index contributed by atoms with van der Waals surface area (Å²) in [7, 11) is 0. The average Bonchev–Trinajstić information content (AvgIpc) is 3.23. The monoisotopic (exact) mass is 277 g/mol. The Morgan fingerprint density at radius 2 is 2.14 bits per heavy atom. The van der Waals surface area contributed by atoms with Crippen LogP contribution in [0.4, 0.5) is 0 Å². The summed E-state index contributed by atoms with van der Waals surface area (Å²) in [6, 6.07) is 11.4. The van der Waals surface area contributed by atoms with E-state index < -0.39 is 0 Å². The Hall–Kier alpha value is -3.40. The largest absolute Gasteiger partial charge is 0.453 e. The lowest BCUT2D eigenvalue weighted by atomic mass is 10.2. The minimum Gasteiger partial charge on any atom is -0.453 e. The van der Waals surface area contributed by atoms with E-state index in [1.165, 1.54) is 6.20 Å². The normalized spacial score (nSPS) is 10.8. The fourth-order valence-corrected chi connectivity index (χ4v) is 2.06. The maximum atomic E-state index is 8.96. The van der Waals surface area contributed by atoms with E-state index >= 15 is 0 Å². The number of aromatic amines is 1. The van der Waals surface area contributed by atoms with Gasteiger partial charge in [-0.15, -0.1) is 0 Å². The number of nitrogens with zero attached hydrogens (tertiary/aromatic N) is 4. The lowest BCUT2D eigenvalue weighted by Gasteiger charge is -1.86. The van der Waals surface area contributed by atoms with Crippen LogP contribution in [-0.4, -0.2) is 20.3 Å². The van der Waals surface area contributed by atoms with Crippen molar-refractivity contribution in [3.8, 4) is 29.1 Å². The lowest BCUT2D eigenvalue weighted by Crippen LogP contribution is -1.81. The maximum absolute atomic E-state index is 8.96. The van der Waals surface area contributed by atoms with Crippen molar-refractivity contribution in [2.75, 3.05) is 0 Å². The molecule has 7 heteroatoms. The Labute approximate surface area is 117 Å². The van der Waals surface area contributed by atoms with Gasteiger partial charge in [0.25, 0.3) is 5.89 Å². The molecule has 0 amide bonds. The summed E-state index contributed by atoms with van der Waals surface area (Å²) in [5.74, 6) is 1.05. The Balaban J connectivity index is 1.79. The zero-order valence-corrected chi connectivity index (χ0v) is 10.6. The van der Waals surface area contributed by atoms with E-state index in [1.807, 2.05) is 36.4 Å². The molecule has 0 aliphatic heterocycles. The molecule has 1 N–H and O–H groups in total. The van der Waals surface area contributed by atoms with Crippen LogP contribution in [0.25, 0.3) is 34.0 Å². The predicted octanol–water partition coefficient (Wildman–Crippen LogP) is 2.74. The van der Waals surface area contributed by atoms with E-state index in [0.717, 1.165) is 11.0 Å². The van der Waals surface area contributed by atoms with Gasteiger partial charge >= 0.3 is 0 Å². The van der Waals surface area contributed by atoms with Crippen molar-refractivity contribution in [2.45, 2.75) is 0 Å². The molecule has 0 radical (unpaired) electrons. The zero-order valence-electron chi connectivity index (χ0n) is 10.6. The third kappa shape index (κ3) is 1.78. The number of fused-ring (bicyclic) bond motifs is 1. The standard InChI is InChI=1S/C14H7N5O2/c15-6-10-9(7-16-18-10)14-17-13(19-21-14)12-5-8-3-1-2-4-11(8)20-12/h1-5,7H,(H,16,18). The number of hydrogen-bond acceptors (Lipinski definition) is 6. The molecule has 0 saturated carbocycles. The number of rotatable bonds is 2. The second kappa shape index (κ2) is 4.31. The van der Waals surface area contributed by atoms with Crippen molar-refractivity contribution in [1.29, 1.82) is 5.26 Å². The van der Waals surface area contributed by atoms with E-state index in [9.17, 15) is 0 Å². The number of furan rings is 1.